The second-order valence-corrected chi connectivity index (χ2v) is 7.98. The molecule has 0 spiro atoms. The zero-order valence-electron chi connectivity index (χ0n) is 15.4. The highest BCUT2D eigenvalue weighted by molar-refractivity contribution is 7.14. The maximum Gasteiger partial charge on any atom is 0.264 e. The lowest BCUT2D eigenvalue weighted by atomic mass is 9.90. The number of rotatable bonds is 5. The van der Waals surface area contributed by atoms with Crippen LogP contribution in [0.2, 0.25) is 0 Å². The van der Waals surface area contributed by atoms with Crippen molar-refractivity contribution in [2.24, 2.45) is 5.92 Å². The third-order valence-corrected chi connectivity index (χ3v) is 5.87. The molecule has 3 rings (SSSR count). The van der Waals surface area contributed by atoms with E-state index in [0.717, 1.165) is 23.5 Å². The van der Waals surface area contributed by atoms with Crippen molar-refractivity contribution in [2.45, 2.75) is 26.2 Å². The van der Waals surface area contributed by atoms with E-state index in [2.05, 4.69) is 12.2 Å². The van der Waals surface area contributed by atoms with Crippen molar-refractivity contribution in [1.82, 2.24) is 4.90 Å². The standard InChI is InChI=1S/C20H24N2O3S/c1-13-4-9-17-14(10-13)11-18(26-17)20(24)22(2)12-19(23)21-15-5-7-16(25-3)8-6-15/h5-8,11,13H,4,9-10,12H2,1-3H3,(H,21,23)/t13-/m0/s1. The van der Waals surface area contributed by atoms with Gasteiger partial charge in [-0.3, -0.25) is 9.59 Å². The Hall–Kier alpha value is -2.34. The van der Waals surface area contributed by atoms with E-state index in [9.17, 15) is 9.59 Å². The average Bonchev–Trinajstić information content (AvgIpc) is 3.04. The van der Waals surface area contributed by atoms with Crippen LogP contribution in [0.25, 0.3) is 0 Å². The van der Waals surface area contributed by atoms with Gasteiger partial charge in [-0.2, -0.15) is 0 Å². The first-order valence-corrected chi connectivity index (χ1v) is 9.59. The Balaban J connectivity index is 1.59. The van der Waals surface area contributed by atoms with Crippen LogP contribution >= 0.6 is 11.3 Å². The summed E-state index contributed by atoms with van der Waals surface area (Å²) in [5.41, 5.74) is 1.98. The Labute approximate surface area is 158 Å². The summed E-state index contributed by atoms with van der Waals surface area (Å²) >= 11 is 1.57. The van der Waals surface area contributed by atoms with Gasteiger partial charge in [0.25, 0.3) is 5.91 Å². The zero-order chi connectivity index (χ0) is 18.7. The first-order chi connectivity index (χ1) is 12.5. The van der Waals surface area contributed by atoms with Gasteiger partial charge in [-0.15, -0.1) is 11.3 Å². The topological polar surface area (TPSA) is 58.6 Å². The molecule has 1 N–H and O–H groups in total. The van der Waals surface area contributed by atoms with E-state index in [1.165, 1.54) is 21.8 Å². The van der Waals surface area contributed by atoms with E-state index < -0.39 is 0 Å². The van der Waals surface area contributed by atoms with Gasteiger partial charge in [0.05, 0.1) is 18.5 Å². The van der Waals surface area contributed by atoms with Crippen molar-refractivity contribution < 1.29 is 14.3 Å². The molecule has 0 saturated carbocycles. The van der Waals surface area contributed by atoms with Crippen LogP contribution in [0.5, 0.6) is 5.75 Å². The molecule has 0 saturated heterocycles. The summed E-state index contributed by atoms with van der Waals surface area (Å²) in [4.78, 5) is 28.4. The number of ether oxygens (including phenoxy) is 1. The lowest BCUT2D eigenvalue weighted by Crippen LogP contribution is -2.34. The highest BCUT2D eigenvalue weighted by Gasteiger charge is 2.23. The minimum Gasteiger partial charge on any atom is -0.497 e. The first kappa shape index (κ1) is 18.5. The Bertz CT molecular complexity index is 798. The highest BCUT2D eigenvalue weighted by Crippen LogP contribution is 2.32. The minimum atomic E-state index is -0.221. The molecule has 0 fully saturated rings. The molecule has 6 heteroatoms. The van der Waals surface area contributed by atoms with Gasteiger partial charge in [0, 0.05) is 17.6 Å². The van der Waals surface area contributed by atoms with Crippen LogP contribution in [-0.4, -0.2) is 37.4 Å². The number of hydrogen-bond acceptors (Lipinski definition) is 4. The number of benzene rings is 1. The monoisotopic (exact) mass is 372 g/mol. The number of thiophene rings is 1. The number of methoxy groups -OCH3 is 1. The van der Waals surface area contributed by atoms with Crippen LogP contribution in [0.4, 0.5) is 5.69 Å². The first-order valence-electron chi connectivity index (χ1n) is 8.77. The maximum atomic E-state index is 12.7. The van der Waals surface area contributed by atoms with E-state index in [1.54, 1.807) is 49.8 Å². The molecule has 2 amide bonds. The number of anilines is 1. The van der Waals surface area contributed by atoms with Crippen molar-refractivity contribution in [3.63, 3.8) is 0 Å². The van der Waals surface area contributed by atoms with Gasteiger partial charge in [-0.05, 0) is 61.1 Å². The fraction of sp³-hybridized carbons (Fsp3) is 0.400. The second-order valence-electron chi connectivity index (χ2n) is 6.84. The summed E-state index contributed by atoms with van der Waals surface area (Å²) in [6.07, 6.45) is 3.28. The number of carbonyl (C=O) groups excluding carboxylic acids is 2. The smallest absolute Gasteiger partial charge is 0.264 e. The van der Waals surface area contributed by atoms with E-state index in [0.29, 0.717) is 11.6 Å². The van der Waals surface area contributed by atoms with E-state index in [1.807, 2.05) is 6.07 Å². The van der Waals surface area contributed by atoms with Crippen LogP contribution < -0.4 is 10.1 Å². The summed E-state index contributed by atoms with van der Waals surface area (Å²) in [7, 11) is 3.26. The predicted molar refractivity (Wildman–Crippen MR) is 104 cm³/mol. The molecule has 5 nitrogen and oxygen atoms in total. The van der Waals surface area contributed by atoms with Gasteiger partial charge in [0.2, 0.25) is 5.91 Å². The Kier molecular flexibility index (Phi) is 5.61. The molecular weight excluding hydrogens is 348 g/mol. The lowest BCUT2D eigenvalue weighted by molar-refractivity contribution is -0.116. The maximum absolute atomic E-state index is 12.7. The molecule has 1 atom stereocenters. The number of amides is 2. The minimum absolute atomic E-state index is 0.0177. The second kappa shape index (κ2) is 7.91. The van der Waals surface area contributed by atoms with E-state index >= 15 is 0 Å². The van der Waals surface area contributed by atoms with Crippen molar-refractivity contribution in [2.75, 3.05) is 26.0 Å². The zero-order valence-corrected chi connectivity index (χ0v) is 16.2. The summed E-state index contributed by atoms with van der Waals surface area (Å²) < 4.78 is 5.10. The van der Waals surface area contributed by atoms with Crippen molar-refractivity contribution >= 4 is 28.8 Å². The van der Waals surface area contributed by atoms with E-state index in [-0.39, 0.29) is 18.4 Å². The largest absolute Gasteiger partial charge is 0.497 e. The normalized spacial score (nSPS) is 15.9. The third-order valence-electron chi connectivity index (χ3n) is 4.64. The number of nitrogens with zero attached hydrogens (tertiary/aromatic N) is 1. The average molecular weight is 372 g/mol. The van der Waals surface area contributed by atoms with Gasteiger partial charge in [0.15, 0.2) is 0 Å². The molecule has 1 heterocycles. The van der Waals surface area contributed by atoms with Crippen molar-refractivity contribution in [3.8, 4) is 5.75 Å². The van der Waals surface area contributed by atoms with Crippen LogP contribution in [0.15, 0.2) is 30.3 Å². The summed E-state index contributed by atoms with van der Waals surface area (Å²) in [6, 6.07) is 9.11. The molecule has 1 aliphatic carbocycles. The number of aryl methyl sites for hydroxylation is 1. The van der Waals surface area contributed by atoms with Gasteiger partial charge >= 0.3 is 0 Å². The van der Waals surface area contributed by atoms with Crippen LogP contribution in [0.3, 0.4) is 0 Å². The fourth-order valence-corrected chi connectivity index (χ4v) is 4.36. The van der Waals surface area contributed by atoms with Gasteiger partial charge < -0.3 is 15.0 Å². The lowest BCUT2D eigenvalue weighted by Gasteiger charge is -2.16. The Morgan fingerprint density at radius 2 is 2.04 bits per heavy atom. The molecule has 0 radical (unpaired) electrons. The van der Waals surface area contributed by atoms with Crippen molar-refractivity contribution in [3.05, 3.63) is 45.6 Å². The number of nitrogens with one attached hydrogen (secondary N) is 1. The SMILES string of the molecule is COc1ccc(NC(=O)CN(C)C(=O)c2cc3c(s2)CC[C@H](C)C3)cc1. The molecule has 138 valence electrons. The molecule has 0 aliphatic heterocycles. The number of carbonyl (C=O) groups is 2. The molecule has 26 heavy (non-hydrogen) atoms. The molecule has 0 bridgehead atoms. The van der Waals surface area contributed by atoms with Crippen LogP contribution in [-0.2, 0) is 17.6 Å². The van der Waals surface area contributed by atoms with Crippen LogP contribution in [0.1, 0.15) is 33.5 Å². The van der Waals surface area contributed by atoms with Crippen LogP contribution in [0, 0.1) is 5.92 Å². The van der Waals surface area contributed by atoms with Crippen molar-refractivity contribution in [1.29, 1.82) is 0 Å². The fourth-order valence-electron chi connectivity index (χ4n) is 3.16. The number of fused-ring (bicyclic) bond motifs is 1. The Morgan fingerprint density at radius 3 is 2.73 bits per heavy atom. The molecule has 1 aromatic heterocycles. The highest BCUT2D eigenvalue weighted by atomic mass is 32.1. The summed E-state index contributed by atoms with van der Waals surface area (Å²) in [5.74, 6) is 1.09. The molecule has 1 aromatic carbocycles. The molecular formula is C20H24N2O3S. The molecule has 1 aliphatic rings. The summed E-state index contributed by atoms with van der Waals surface area (Å²) in [5, 5.41) is 2.80. The quantitative estimate of drug-likeness (QED) is 0.872. The van der Waals surface area contributed by atoms with Gasteiger partial charge in [-0.25, -0.2) is 0 Å². The van der Waals surface area contributed by atoms with E-state index in [4.69, 9.17) is 4.74 Å². The summed E-state index contributed by atoms with van der Waals surface area (Å²) in [6.45, 7) is 2.27. The number of likely N-dealkylation sites (N-methyl/N-ethyl adjacent to an activating group) is 1. The van der Waals surface area contributed by atoms with Gasteiger partial charge in [-0.1, -0.05) is 6.92 Å². The Morgan fingerprint density at radius 1 is 1.31 bits per heavy atom. The number of hydrogen-bond donors (Lipinski definition) is 1. The predicted octanol–water partition coefficient (Wildman–Crippen LogP) is 3.59. The molecule has 0 unspecified atom stereocenters. The third kappa shape index (κ3) is 4.25. The van der Waals surface area contributed by atoms with Gasteiger partial charge in [0.1, 0.15) is 5.75 Å². The molecule has 2 aromatic rings.